The molecule has 32 heavy (non-hydrogen) atoms. The maximum Gasteiger partial charge on any atom is 0.303 e. The molecule has 1 amide bonds. The zero-order chi connectivity index (χ0) is 23.3. The molecule has 0 saturated carbocycles. The lowest BCUT2D eigenvalue weighted by Gasteiger charge is -2.25. The lowest BCUT2D eigenvalue weighted by molar-refractivity contribution is -0.140. The molecule has 0 unspecified atom stereocenters. The highest BCUT2D eigenvalue weighted by Gasteiger charge is 2.46. The molecule has 0 aliphatic carbocycles. The van der Waals surface area contributed by atoms with Gasteiger partial charge < -0.3 is 25.0 Å². The third-order valence-electron chi connectivity index (χ3n) is 5.40. The number of aromatic hydroxyl groups is 1. The Morgan fingerprint density at radius 2 is 1.75 bits per heavy atom. The molecule has 0 spiro atoms. The number of methoxy groups -OCH3 is 1. The minimum absolute atomic E-state index is 0.0331. The van der Waals surface area contributed by atoms with Crippen LogP contribution in [0.25, 0.3) is 5.76 Å². The van der Waals surface area contributed by atoms with Gasteiger partial charge in [-0.1, -0.05) is 42.8 Å². The van der Waals surface area contributed by atoms with Crippen LogP contribution < -0.4 is 4.74 Å². The predicted octanol–water partition coefficient (Wildman–Crippen LogP) is 3.47. The molecule has 2 aromatic rings. The van der Waals surface area contributed by atoms with Gasteiger partial charge in [0.1, 0.15) is 5.76 Å². The molecular weight excluding hydrogens is 414 g/mol. The first-order chi connectivity index (χ1) is 15.3. The number of aliphatic carboxylic acids is 1. The molecule has 1 aliphatic heterocycles. The van der Waals surface area contributed by atoms with Crippen molar-refractivity contribution in [3.8, 4) is 11.5 Å². The van der Waals surface area contributed by atoms with Crippen LogP contribution >= 0.6 is 0 Å². The highest BCUT2D eigenvalue weighted by Crippen LogP contribution is 2.41. The summed E-state index contributed by atoms with van der Waals surface area (Å²) >= 11 is 0. The van der Waals surface area contributed by atoms with E-state index >= 15 is 0 Å². The van der Waals surface area contributed by atoms with E-state index in [2.05, 4.69) is 0 Å². The van der Waals surface area contributed by atoms with Gasteiger partial charge in [0.15, 0.2) is 11.5 Å². The predicted molar refractivity (Wildman–Crippen MR) is 116 cm³/mol. The zero-order valence-electron chi connectivity index (χ0n) is 17.7. The van der Waals surface area contributed by atoms with Gasteiger partial charge in [0.05, 0.1) is 18.7 Å². The number of likely N-dealkylation sites (tertiary alicyclic amines) is 1. The number of hydrogen-bond acceptors (Lipinski definition) is 6. The standard InChI is InChI=1S/C24H25NO7/c1-32-18-14-16(11-12-17(18)26)21-20(22(29)15-8-4-2-5-9-15)23(30)24(31)25(21)13-7-3-6-10-19(27)28/h2,4-5,8-9,11-12,14,21,26,29H,3,6-7,10,13H2,1H3,(H,27,28)/t21-/m0/s1. The summed E-state index contributed by atoms with van der Waals surface area (Å²) in [6.45, 7) is 0.212. The number of phenolic OH excluding ortho intramolecular Hbond substituents is 1. The summed E-state index contributed by atoms with van der Waals surface area (Å²) in [4.78, 5) is 37.9. The van der Waals surface area contributed by atoms with Gasteiger partial charge in [-0.15, -0.1) is 0 Å². The molecule has 0 bridgehead atoms. The van der Waals surface area contributed by atoms with Crippen molar-refractivity contribution in [1.29, 1.82) is 0 Å². The molecular formula is C24H25NO7. The van der Waals surface area contributed by atoms with Crippen molar-refractivity contribution < 1.29 is 34.4 Å². The van der Waals surface area contributed by atoms with Crippen molar-refractivity contribution in [3.05, 3.63) is 65.2 Å². The Morgan fingerprint density at radius 1 is 1.03 bits per heavy atom. The molecule has 0 aromatic heterocycles. The maximum absolute atomic E-state index is 12.9. The fourth-order valence-electron chi connectivity index (χ4n) is 3.81. The van der Waals surface area contributed by atoms with Crippen molar-refractivity contribution in [2.24, 2.45) is 0 Å². The van der Waals surface area contributed by atoms with Gasteiger partial charge in [0.2, 0.25) is 0 Å². The Kier molecular flexibility index (Phi) is 7.14. The average molecular weight is 439 g/mol. The number of carbonyl (C=O) groups is 3. The molecule has 1 heterocycles. The fraction of sp³-hybridized carbons (Fsp3) is 0.292. The number of unbranched alkanes of at least 4 members (excludes halogenated alkanes) is 2. The molecule has 2 aromatic carbocycles. The summed E-state index contributed by atoms with van der Waals surface area (Å²) < 4.78 is 5.18. The molecule has 1 fully saturated rings. The molecule has 1 atom stereocenters. The second-order valence-electron chi connectivity index (χ2n) is 7.49. The van der Waals surface area contributed by atoms with Crippen LogP contribution in [0.5, 0.6) is 11.5 Å². The molecule has 0 radical (unpaired) electrons. The van der Waals surface area contributed by atoms with Gasteiger partial charge in [0, 0.05) is 18.5 Å². The van der Waals surface area contributed by atoms with Crippen molar-refractivity contribution >= 4 is 23.4 Å². The Bertz CT molecular complexity index is 1050. The van der Waals surface area contributed by atoms with Gasteiger partial charge in [0.25, 0.3) is 11.7 Å². The zero-order valence-corrected chi connectivity index (χ0v) is 17.7. The number of Topliss-reactive ketones (excluding diaryl/α,β-unsaturated/α-hetero) is 1. The average Bonchev–Trinajstić information content (AvgIpc) is 3.04. The number of ketones is 1. The second-order valence-corrected chi connectivity index (χ2v) is 7.49. The molecule has 1 saturated heterocycles. The van der Waals surface area contributed by atoms with Crippen molar-refractivity contribution in [2.45, 2.75) is 31.7 Å². The lowest BCUT2D eigenvalue weighted by Crippen LogP contribution is -2.30. The van der Waals surface area contributed by atoms with E-state index in [-0.39, 0.29) is 35.8 Å². The Balaban J connectivity index is 2.01. The van der Waals surface area contributed by atoms with Crippen LogP contribution in [0.15, 0.2) is 54.1 Å². The molecule has 3 N–H and O–H groups in total. The van der Waals surface area contributed by atoms with E-state index in [1.807, 2.05) is 0 Å². The Morgan fingerprint density at radius 3 is 2.41 bits per heavy atom. The molecule has 1 aliphatic rings. The number of nitrogens with zero attached hydrogens (tertiary/aromatic N) is 1. The van der Waals surface area contributed by atoms with Gasteiger partial charge in [-0.2, -0.15) is 0 Å². The summed E-state index contributed by atoms with van der Waals surface area (Å²) in [7, 11) is 1.39. The van der Waals surface area contributed by atoms with E-state index in [0.717, 1.165) is 0 Å². The number of hydrogen-bond donors (Lipinski definition) is 3. The van der Waals surface area contributed by atoms with Gasteiger partial charge in [-0.3, -0.25) is 14.4 Å². The topological polar surface area (TPSA) is 124 Å². The number of carbonyl (C=O) groups excluding carboxylic acids is 2. The lowest BCUT2D eigenvalue weighted by atomic mass is 9.95. The summed E-state index contributed by atoms with van der Waals surface area (Å²) in [6.07, 6.45) is 1.56. The Labute approximate surface area is 185 Å². The van der Waals surface area contributed by atoms with Crippen LogP contribution in [-0.2, 0) is 14.4 Å². The molecule has 8 heteroatoms. The largest absolute Gasteiger partial charge is 0.507 e. The van der Waals surface area contributed by atoms with E-state index in [4.69, 9.17) is 9.84 Å². The van der Waals surface area contributed by atoms with E-state index in [9.17, 15) is 24.6 Å². The van der Waals surface area contributed by atoms with E-state index < -0.39 is 23.7 Å². The first kappa shape index (κ1) is 22.9. The van der Waals surface area contributed by atoms with Gasteiger partial charge in [-0.05, 0) is 30.5 Å². The van der Waals surface area contributed by atoms with E-state index in [1.165, 1.54) is 24.1 Å². The molecule has 168 valence electrons. The number of carboxylic acids is 1. The molecule has 8 nitrogen and oxygen atoms in total. The number of carboxylic acid groups (broad SMARTS) is 1. The van der Waals surface area contributed by atoms with Crippen LogP contribution in [0.1, 0.15) is 42.9 Å². The Hall–Kier alpha value is -3.81. The minimum atomic E-state index is -0.885. The molecule has 3 rings (SSSR count). The highest BCUT2D eigenvalue weighted by atomic mass is 16.5. The number of rotatable bonds is 9. The maximum atomic E-state index is 12.9. The van der Waals surface area contributed by atoms with E-state index in [0.29, 0.717) is 30.4 Å². The quantitative estimate of drug-likeness (QED) is 0.236. The number of phenols is 1. The number of ether oxygens (including phenoxy) is 1. The minimum Gasteiger partial charge on any atom is -0.507 e. The van der Waals surface area contributed by atoms with Crippen molar-refractivity contribution in [2.75, 3.05) is 13.7 Å². The monoisotopic (exact) mass is 439 g/mol. The second kappa shape index (κ2) is 10.00. The summed E-state index contributed by atoms with van der Waals surface area (Å²) in [6, 6.07) is 12.1. The van der Waals surface area contributed by atoms with Crippen LogP contribution in [-0.4, -0.2) is 51.5 Å². The van der Waals surface area contributed by atoms with Gasteiger partial charge in [-0.25, -0.2) is 0 Å². The van der Waals surface area contributed by atoms with Gasteiger partial charge >= 0.3 is 5.97 Å². The fourth-order valence-corrected chi connectivity index (χ4v) is 3.81. The summed E-state index contributed by atoms with van der Waals surface area (Å²) in [5.74, 6) is -2.62. The number of benzene rings is 2. The first-order valence-corrected chi connectivity index (χ1v) is 10.3. The van der Waals surface area contributed by atoms with Crippen LogP contribution in [0, 0.1) is 0 Å². The smallest absolute Gasteiger partial charge is 0.303 e. The van der Waals surface area contributed by atoms with Crippen LogP contribution in [0.4, 0.5) is 0 Å². The van der Waals surface area contributed by atoms with Crippen LogP contribution in [0.3, 0.4) is 0 Å². The first-order valence-electron chi connectivity index (χ1n) is 10.3. The highest BCUT2D eigenvalue weighted by molar-refractivity contribution is 6.46. The van der Waals surface area contributed by atoms with Crippen LogP contribution in [0.2, 0.25) is 0 Å². The SMILES string of the molecule is COc1cc([C@H]2C(=C(O)c3ccccc3)C(=O)C(=O)N2CCCCCC(=O)O)ccc1O. The number of aliphatic hydroxyl groups is 1. The third kappa shape index (κ3) is 4.74. The number of amides is 1. The van der Waals surface area contributed by atoms with Crippen molar-refractivity contribution in [1.82, 2.24) is 4.90 Å². The summed E-state index contributed by atoms with van der Waals surface area (Å²) in [5.41, 5.74) is 0.865. The van der Waals surface area contributed by atoms with Crippen molar-refractivity contribution in [3.63, 3.8) is 0 Å². The van der Waals surface area contributed by atoms with E-state index in [1.54, 1.807) is 36.4 Å². The normalized spacial score (nSPS) is 17.5. The third-order valence-corrected chi connectivity index (χ3v) is 5.40. The number of aliphatic hydroxyl groups excluding tert-OH is 1. The summed E-state index contributed by atoms with van der Waals surface area (Å²) in [5, 5.41) is 29.7.